The van der Waals surface area contributed by atoms with Gasteiger partial charge in [0.15, 0.2) is 0 Å². The molecule has 1 saturated heterocycles. The lowest BCUT2D eigenvalue weighted by atomic mass is 9.99. The van der Waals surface area contributed by atoms with Crippen molar-refractivity contribution in [1.29, 1.82) is 0 Å². The van der Waals surface area contributed by atoms with Gasteiger partial charge >= 0.3 is 0 Å². The summed E-state index contributed by atoms with van der Waals surface area (Å²) in [5.41, 5.74) is 6.24. The second-order valence-corrected chi connectivity index (χ2v) is 9.52. The summed E-state index contributed by atoms with van der Waals surface area (Å²) < 4.78 is 0. The van der Waals surface area contributed by atoms with Gasteiger partial charge in [-0.05, 0) is 50.8 Å². The molecule has 3 aromatic rings. The van der Waals surface area contributed by atoms with E-state index in [0.29, 0.717) is 5.02 Å². The Hall–Kier alpha value is -2.77. The Kier molecular flexibility index (Phi) is 5.93. The van der Waals surface area contributed by atoms with Crippen LogP contribution in [0.3, 0.4) is 0 Å². The number of halogens is 1. The van der Waals surface area contributed by atoms with Gasteiger partial charge in [0.1, 0.15) is 5.82 Å². The van der Waals surface area contributed by atoms with Gasteiger partial charge in [-0.25, -0.2) is 15.0 Å². The molecule has 7 nitrogen and oxygen atoms in total. The van der Waals surface area contributed by atoms with Gasteiger partial charge in [-0.15, -0.1) is 0 Å². The molecule has 0 aliphatic carbocycles. The SMILES string of the molecule is Cc1cnc(-c2cc(N3CCc4nc(N5CCC(O)CC5)ncc4[C@H]3C)ncc2Cl)c(C)c1. The molecular weight excluding hydrogens is 436 g/mol. The zero-order valence-electron chi connectivity index (χ0n) is 19.3. The predicted molar refractivity (Wildman–Crippen MR) is 131 cm³/mol. The summed E-state index contributed by atoms with van der Waals surface area (Å²) in [6.07, 6.45) is 7.71. The van der Waals surface area contributed by atoms with Gasteiger partial charge in [-0.1, -0.05) is 17.7 Å². The Morgan fingerprint density at radius 2 is 1.79 bits per heavy atom. The van der Waals surface area contributed by atoms with Crippen LogP contribution in [0.4, 0.5) is 11.8 Å². The van der Waals surface area contributed by atoms with Crippen LogP contribution in [-0.2, 0) is 6.42 Å². The van der Waals surface area contributed by atoms with Crippen LogP contribution >= 0.6 is 11.6 Å². The molecule has 0 unspecified atom stereocenters. The van der Waals surface area contributed by atoms with Crippen LogP contribution in [0, 0.1) is 13.8 Å². The van der Waals surface area contributed by atoms with E-state index >= 15 is 0 Å². The van der Waals surface area contributed by atoms with Gasteiger partial charge < -0.3 is 14.9 Å². The second kappa shape index (κ2) is 8.88. The van der Waals surface area contributed by atoms with E-state index in [0.717, 1.165) is 84.3 Å². The van der Waals surface area contributed by atoms with E-state index in [1.54, 1.807) is 6.20 Å². The second-order valence-electron chi connectivity index (χ2n) is 9.11. The number of hydrogen-bond acceptors (Lipinski definition) is 7. The Labute approximate surface area is 199 Å². The fraction of sp³-hybridized carbons (Fsp3) is 0.440. The smallest absolute Gasteiger partial charge is 0.225 e. The fourth-order valence-electron chi connectivity index (χ4n) is 4.85. The van der Waals surface area contributed by atoms with Crippen molar-refractivity contribution >= 4 is 23.4 Å². The number of hydrogen-bond donors (Lipinski definition) is 1. The van der Waals surface area contributed by atoms with Crippen molar-refractivity contribution < 1.29 is 5.11 Å². The Balaban J connectivity index is 1.42. The molecule has 0 radical (unpaired) electrons. The maximum absolute atomic E-state index is 9.78. The summed E-state index contributed by atoms with van der Waals surface area (Å²) in [4.78, 5) is 23.3. The summed E-state index contributed by atoms with van der Waals surface area (Å²) in [5, 5.41) is 10.4. The third kappa shape index (κ3) is 4.27. The Bertz CT molecular complexity index is 1180. The van der Waals surface area contributed by atoms with Crippen LogP contribution in [0.25, 0.3) is 11.3 Å². The van der Waals surface area contributed by atoms with Crippen molar-refractivity contribution in [3.05, 3.63) is 58.1 Å². The highest BCUT2D eigenvalue weighted by Gasteiger charge is 2.28. The number of aromatic nitrogens is 4. The number of fused-ring (bicyclic) bond motifs is 1. The molecule has 1 N–H and O–H groups in total. The lowest BCUT2D eigenvalue weighted by Gasteiger charge is -2.36. The average molecular weight is 465 g/mol. The summed E-state index contributed by atoms with van der Waals surface area (Å²) in [6, 6.07) is 4.26. The highest BCUT2D eigenvalue weighted by atomic mass is 35.5. The van der Waals surface area contributed by atoms with Crippen molar-refractivity contribution in [2.45, 2.75) is 52.2 Å². The molecular formula is C25H29ClN6O. The first kappa shape index (κ1) is 22.0. The number of rotatable bonds is 3. The normalized spacial score (nSPS) is 19.0. The molecule has 0 aromatic carbocycles. The molecule has 2 aliphatic rings. The van der Waals surface area contributed by atoms with Crippen molar-refractivity contribution in [2.24, 2.45) is 0 Å². The monoisotopic (exact) mass is 464 g/mol. The van der Waals surface area contributed by atoms with Crippen LogP contribution in [0.5, 0.6) is 0 Å². The topological polar surface area (TPSA) is 78.3 Å². The van der Waals surface area contributed by atoms with E-state index in [4.69, 9.17) is 16.6 Å². The average Bonchev–Trinajstić information content (AvgIpc) is 2.80. The van der Waals surface area contributed by atoms with Gasteiger partial charge in [0.25, 0.3) is 0 Å². The number of anilines is 2. The standard InChI is InChI=1S/C25H29ClN6O/c1-15-10-16(2)24(28-12-15)19-11-23(27-14-21(19)26)32-9-6-22-20(17(32)3)13-29-25(30-22)31-7-4-18(33)5-8-31/h10-14,17-18,33H,4-9H2,1-3H3/t17-/m1/s1. The van der Waals surface area contributed by atoms with Gasteiger partial charge in [-0.3, -0.25) is 4.98 Å². The Morgan fingerprint density at radius 1 is 1.00 bits per heavy atom. The largest absolute Gasteiger partial charge is 0.393 e. The van der Waals surface area contributed by atoms with Crippen LogP contribution < -0.4 is 9.80 Å². The molecule has 1 fully saturated rings. The molecule has 2 aliphatic heterocycles. The van der Waals surface area contributed by atoms with Crippen molar-refractivity contribution in [1.82, 2.24) is 19.9 Å². The molecule has 172 valence electrons. The maximum atomic E-state index is 9.78. The lowest BCUT2D eigenvalue weighted by Crippen LogP contribution is -2.38. The molecule has 0 saturated carbocycles. The summed E-state index contributed by atoms with van der Waals surface area (Å²) >= 11 is 6.54. The van der Waals surface area contributed by atoms with Gasteiger partial charge in [0, 0.05) is 55.8 Å². The van der Waals surface area contributed by atoms with Crippen LogP contribution in [0.2, 0.25) is 5.02 Å². The van der Waals surface area contributed by atoms with E-state index in [1.807, 2.05) is 25.4 Å². The first-order valence-corrected chi connectivity index (χ1v) is 11.9. The highest BCUT2D eigenvalue weighted by molar-refractivity contribution is 6.33. The van der Waals surface area contributed by atoms with Crippen molar-refractivity contribution in [3.8, 4) is 11.3 Å². The lowest BCUT2D eigenvalue weighted by molar-refractivity contribution is 0.145. The number of piperidine rings is 1. The number of aliphatic hydroxyl groups excluding tert-OH is 1. The number of aliphatic hydroxyl groups is 1. The molecule has 8 heteroatoms. The molecule has 0 bridgehead atoms. The molecule has 5 rings (SSSR count). The molecule has 1 atom stereocenters. The van der Waals surface area contributed by atoms with Crippen molar-refractivity contribution in [3.63, 3.8) is 0 Å². The number of nitrogens with zero attached hydrogens (tertiary/aromatic N) is 6. The first-order valence-electron chi connectivity index (χ1n) is 11.6. The number of aryl methyl sites for hydroxylation is 2. The summed E-state index contributed by atoms with van der Waals surface area (Å²) in [7, 11) is 0. The van der Waals surface area contributed by atoms with Gasteiger partial charge in [0.05, 0.1) is 28.6 Å². The van der Waals surface area contributed by atoms with Crippen LogP contribution in [-0.4, -0.2) is 50.8 Å². The minimum absolute atomic E-state index is 0.0968. The van der Waals surface area contributed by atoms with E-state index in [1.165, 1.54) is 0 Å². The zero-order valence-corrected chi connectivity index (χ0v) is 20.0. The van der Waals surface area contributed by atoms with Gasteiger partial charge in [0.2, 0.25) is 5.95 Å². The molecule has 0 spiro atoms. The van der Waals surface area contributed by atoms with Gasteiger partial charge in [-0.2, -0.15) is 0 Å². The molecule has 5 heterocycles. The van der Waals surface area contributed by atoms with E-state index in [9.17, 15) is 5.11 Å². The summed E-state index contributed by atoms with van der Waals surface area (Å²) in [6.45, 7) is 8.68. The first-order chi connectivity index (χ1) is 15.9. The third-order valence-corrected chi connectivity index (χ3v) is 7.05. The zero-order chi connectivity index (χ0) is 23.1. The minimum Gasteiger partial charge on any atom is -0.393 e. The minimum atomic E-state index is -0.205. The highest BCUT2D eigenvalue weighted by Crippen LogP contribution is 2.36. The molecule has 33 heavy (non-hydrogen) atoms. The summed E-state index contributed by atoms with van der Waals surface area (Å²) in [5.74, 6) is 1.65. The molecule has 0 amide bonds. The van der Waals surface area contributed by atoms with E-state index < -0.39 is 0 Å². The van der Waals surface area contributed by atoms with E-state index in [2.05, 4.69) is 44.7 Å². The van der Waals surface area contributed by atoms with Crippen LogP contribution in [0.1, 0.15) is 48.2 Å². The quantitative estimate of drug-likeness (QED) is 0.619. The van der Waals surface area contributed by atoms with E-state index in [-0.39, 0.29) is 12.1 Å². The van der Waals surface area contributed by atoms with Crippen molar-refractivity contribution in [2.75, 3.05) is 29.4 Å². The Morgan fingerprint density at radius 3 is 2.55 bits per heavy atom. The third-order valence-electron chi connectivity index (χ3n) is 6.75. The molecule has 3 aromatic heterocycles. The predicted octanol–water partition coefficient (Wildman–Crippen LogP) is 4.29. The van der Waals surface area contributed by atoms with Crippen LogP contribution in [0.15, 0.2) is 30.7 Å². The number of pyridine rings is 2. The fourth-order valence-corrected chi connectivity index (χ4v) is 5.04. The maximum Gasteiger partial charge on any atom is 0.225 e.